The summed E-state index contributed by atoms with van der Waals surface area (Å²) in [6.45, 7) is 3.56. The second-order valence-electron chi connectivity index (χ2n) is 6.72. The first kappa shape index (κ1) is 14.3. The number of aryl methyl sites for hydroxylation is 3. The quantitative estimate of drug-likeness (QED) is 0.683. The first-order valence-electron chi connectivity index (χ1n) is 8.69. The molecule has 1 saturated heterocycles. The number of carbonyl (C=O) groups excluding carboxylic acids is 1. The smallest absolute Gasteiger partial charge is 0.293 e. The van der Waals surface area contributed by atoms with Crippen LogP contribution in [0.15, 0.2) is 0 Å². The molecule has 1 fully saturated rings. The molecule has 4 heterocycles. The van der Waals surface area contributed by atoms with Crippen molar-refractivity contribution < 1.29 is 4.79 Å². The van der Waals surface area contributed by atoms with Crippen LogP contribution in [0.4, 0.5) is 0 Å². The summed E-state index contributed by atoms with van der Waals surface area (Å²) in [5, 5.41) is 5.61. The normalized spacial score (nSPS) is 17.8. The average molecular weight is 341 g/mol. The second kappa shape index (κ2) is 5.24. The van der Waals surface area contributed by atoms with Crippen LogP contribution >= 0.6 is 11.3 Å². The Morgan fingerprint density at radius 1 is 1.08 bits per heavy atom. The summed E-state index contributed by atoms with van der Waals surface area (Å²) in [5.74, 6) is 1.06. The molecule has 3 aromatic heterocycles. The first-order chi connectivity index (χ1) is 11.7. The van der Waals surface area contributed by atoms with Crippen LogP contribution in [-0.4, -0.2) is 43.5 Å². The first-order valence-corrected chi connectivity index (χ1v) is 9.51. The van der Waals surface area contributed by atoms with E-state index in [4.69, 9.17) is 4.98 Å². The van der Waals surface area contributed by atoms with Crippen molar-refractivity contribution in [2.75, 3.05) is 13.1 Å². The summed E-state index contributed by atoms with van der Waals surface area (Å²) in [6.07, 6.45) is 6.76. The van der Waals surface area contributed by atoms with Crippen molar-refractivity contribution in [2.45, 2.75) is 45.4 Å². The van der Waals surface area contributed by atoms with Gasteiger partial charge in [0.05, 0.1) is 5.39 Å². The van der Waals surface area contributed by atoms with Gasteiger partial charge in [-0.1, -0.05) is 0 Å². The van der Waals surface area contributed by atoms with Gasteiger partial charge in [-0.2, -0.15) is 4.52 Å². The van der Waals surface area contributed by atoms with Crippen molar-refractivity contribution in [3.8, 4) is 0 Å². The molecule has 0 saturated carbocycles. The number of hydrogen-bond donors (Lipinski definition) is 0. The fraction of sp³-hybridized carbons (Fsp3) is 0.529. The maximum Gasteiger partial charge on any atom is 0.293 e. The molecule has 1 amide bonds. The Hall–Kier alpha value is -2.02. The van der Waals surface area contributed by atoms with Crippen molar-refractivity contribution in [3.05, 3.63) is 22.1 Å². The van der Waals surface area contributed by atoms with Crippen molar-refractivity contribution in [1.29, 1.82) is 0 Å². The molecule has 0 atom stereocenters. The van der Waals surface area contributed by atoms with E-state index in [1.807, 2.05) is 11.8 Å². The fourth-order valence-corrected chi connectivity index (χ4v) is 5.22. The lowest BCUT2D eigenvalue weighted by Gasteiger charge is -2.25. The summed E-state index contributed by atoms with van der Waals surface area (Å²) in [5.41, 5.74) is 2.18. The topological polar surface area (TPSA) is 63.4 Å². The van der Waals surface area contributed by atoms with Gasteiger partial charge in [0.15, 0.2) is 5.65 Å². The SMILES string of the molecule is Cc1nc2sc3c(c2c2nc(C(=O)N4CCCCC4)nn12)CCC3. The third-order valence-corrected chi connectivity index (χ3v) is 6.32. The molecule has 124 valence electrons. The summed E-state index contributed by atoms with van der Waals surface area (Å²) in [7, 11) is 0. The predicted molar refractivity (Wildman–Crippen MR) is 92.7 cm³/mol. The summed E-state index contributed by atoms with van der Waals surface area (Å²) in [4.78, 5) is 26.5. The van der Waals surface area contributed by atoms with Crippen molar-refractivity contribution in [3.63, 3.8) is 0 Å². The lowest BCUT2D eigenvalue weighted by Crippen LogP contribution is -2.36. The highest BCUT2D eigenvalue weighted by Gasteiger charge is 2.26. The molecule has 1 aliphatic carbocycles. The predicted octanol–water partition coefficient (Wildman–Crippen LogP) is 2.76. The Labute approximate surface area is 143 Å². The monoisotopic (exact) mass is 341 g/mol. The van der Waals surface area contributed by atoms with Gasteiger partial charge in [0.2, 0.25) is 5.82 Å². The standard InChI is InChI=1S/C17H19N5OS/c1-10-18-16-13(11-6-5-7-12(11)24-16)15-19-14(20-22(10)15)17(23)21-8-3-2-4-9-21/h2-9H2,1H3. The highest BCUT2D eigenvalue weighted by Crippen LogP contribution is 2.38. The maximum absolute atomic E-state index is 12.8. The molecule has 24 heavy (non-hydrogen) atoms. The van der Waals surface area contributed by atoms with Gasteiger partial charge in [0, 0.05) is 18.0 Å². The zero-order valence-electron chi connectivity index (χ0n) is 13.7. The van der Waals surface area contributed by atoms with E-state index in [9.17, 15) is 4.79 Å². The minimum atomic E-state index is -0.0437. The number of amides is 1. The molecule has 3 aromatic rings. The molecule has 0 bridgehead atoms. The number of thiophene rings is 1. The molecule has 0 aromatic carbocycles. The summed E-state index contributed by atoms with van der Waals surface area (Å²) < 4.78 is 1.75. The molecule has 0 unspecified atom stereocenters. The van der Waals surface area contributed by atoms with Crippen molar-refractivity contribution in [1.82, 2.24) is 24.5 Å². The molecular formula is C17H19N5OS. The highest BCUT2D eigenvalue weighted by molar-refractivity contribution is 7.19. The van der Waals surface area contributed by atoms with Crippen molar-refractivity contribution >= 4 is 33.1 Å². The minimum Gasteiger partial charge on any atom is -0.336 e. The van der Waals surface area contributed by atoms with E-state index in [1.165, 1.54) is 23.3 Å². The molecule has 0 spiro atoms. The van der Waals surface area contributed by atoms with Crippen LogP contribution in [0.2, 0.25) is 0 Å². The van der Waals surface area contributed by atoms with E-state index in [0.717, 1.165) is 60.5 Å². The van der Waals surface area contributed by atoms with Gasteiger partial charge in [-0.25, -0.2) is 9.97 Å². The third-order valence-electron chi connectivity index (χ3n) is 5.14. The van der Waals surface area contributed by atoms with E-state index in [2.05, 4.69) is 10.1 Å². The maximum atomic E-state index is 12.8. The Kier molecular flexibility index (Phi) is 3.13. The molecule has 6 nitrogen and oxygen atoms in total. The number of fused-ring (bicyclic) bond motifs is 5. The Morgan fingerprint density at radius 2 is 1.92 bits per heavy atom. The fourth-order valence-electron chi connectivity index (χ4n) is 3.92. The van der Waals surface area contributed by atoms with Gasteiger partial charge in [0.1, 0.15) is 10.7 Å². The van der Waals surface area contributed by atoms with Crippen LogP contribution in [0.5, 0.6) is 0 Å². The lowest BCUT2D eigenvalue weighted by atomic mass is 10.1. The van der Waals surface area contributed by atoms with Gasteiger partial charge in [0.25, 0.3) is 5.91 Å². The molecule has 0 radical (unpaired) electrons. The van der Waals surface area contributed by atoms with E-state index in [1.54, 1.807) is 15.9 Å². The van der Waals surface area contributed by atoms with E-state index in [0.29, 0.717) is 5.82 Å². The van der Waals surface area contributed by atoms with Gasteiger partial charge in [-0.3, -0.25) is 4.79 Å². The van der Waals surface area contributed by atoms with E-state index in [-0.39, 0.29) is 5.91 Å². The second-order valence-corrected chi connectivity index (χ2v) is 7.80. The number of hydrogen-bond acceptors (Lipinski definition) is 5. The Balaban J connectivity index is 1.68. The zero-order chi connectivity index (χ0) is 16.3. The van der Waals surface area contributed by atoms with Crippen LogP contribution in [0.1, 0.15) is 52.6 Å². The van der Waals surface area contributed by atoms with Gasteiger partial charge < -0.3 is 4.90 Å². The Bertz CT molecular complexity index is 967. The summed E-state index contributed by atoms with van der Waals surface area (Å²) >= 11 is 1.77. The van der Waals surface area contributed by atoms with E-state index < -0.39 is 0 Å². The largest absolute Gasteiger partial charge is 0.336 e. The van der Waals surface area contributed by atoms with E-state index >= 15 is 0 Å². The van der Waals surface area contributed by atoms with Crippen LogP contribution < -0.4 is 0 Å². The zero-order valence-corrected chi connectivity index (χ0v) is 14.5. The number of piperidine rings is 1. The Morgan fingerprint density at radius 3 is 2.75 bits per heavy atom. The molecular weight excluding hydrogens is 322 g/mol. The van der Waals surface area contributed by atoms with Crippen LogP contribution in [0.25, 0.3) is 15.9 Å². The van der Waals surface area contributed by atoms with Gasteiger partial charge in [-0.15, -0.1) is 16.4 Å². The molecule has 7 heteroatoms. The number of nitrogens with zero attached hydrogens (tertiary/aromatic N) is 5. The van der Waals surface area contributed by atoms with Crippen LogP contribution in [-0.2, 0) is 12.8 Å². The van der Waals surface area contributed by atoms with Gasteiger partial charge in [-0.05, 0) is 51.0 Å². The number of rotatable bonds is 1. The number of aromatic nitrogens is 4. The lowest BCUT2D eigenvalue weighted by molar-refractivity contribution is 0.0712. The minimum absolute atomic E-state index is 0.0437. The molecule has 1 aliphatic heterocycles. The van der Waals surface area contributed by atoms with Gasteiger partial charge >= 0.3 is 0 Å². The molecule has 0 N–H and O–H groups in total. The molecule has 5 rings (SSSR count). The molecule has 2 aliphatic rings. The summed E-state index contributed by atoms with van der Waals surface area (Å²) in [6, 6.07) is 0. The highest BCUT2D eigenvalue weighted by atomic mass is 32.1. The van der Waals surface area contributed by atoms with Crippen LogP contribution in [0.3, 0.4) is 0 Å². The number of carbonyl (C=O) groups is 1. The van der Waals surface area contributed by atoms with Crippen molar-refractivity contribution in [2.24, 2.45) is 0 Å². The van der Waals surface area contributed by atoms with Crippen LogP contribution in [0, 0.1) is 6.92 Å². The third kappa shape index (κ3) is 2.00. The average Bonchev–Trinajstić information content (AvgIpc) is 3.28. The number of likely N-dealkylation sites (tertiary alicyclic amines) is 1.